The Kier molecular flexibility index (Phi) is 3.70. The van der Waals surface area contributed by atoms with Crippen molar-refractivity contribution in [1.82, 2.24) is 9.80 Å². The highest BCUT2D eigenvalue weighted by atomic mass is 16.4. The van der Waals surface area contributed by atoms with E-state index >= 15 is 0 Å². The lowest BCUT2D eigenvalue weighted by molar-refractivity contribution is -0.158. The van der Waals surface area contributed by atoms with E-state index in [2.05, 4.69) is 9.80 Å². The molecule has 0 amide bonds. The number of carboxylic acids is 1. The molecule has 2 N–H and O–H groups in total. The molecule has 0 saturated carbocycles. The van der Waals surface area contributed by atoms with Crippen molar-refractivity contribution in [2.45, 2.75) is 37.8 Å². The van der Waals surface area contributed by atoms with Crippen molar-refractivity contribution in [3.8, 4) is 0 Å². The lowest BCUT2D eigenvalue weighted by Gasteiger charge is -2.27. The number of likely N-dealkylation sites (tertiary alicyclic amines) is 2. The molecule has 2 atom stereocenters. The Morgan fingerprint density at radius 2 is 2.00 bits per heavy atom. The molecule has 98 valence electrons. The second kappa shape index (κ2) is 4.92. The molecular weight excluding hydrogens is 220 g/mol. The minimum Gasteiger partial charge on any atom is -0.479 e. The van der Waals surface area contributed by atoms with Crippen LogP contribution < -0.4 is 0 Å². The average molecular weight is 242 g/mol. The molecule has 0 aromatic carbocycles. The molecule has 17 heavy (non-hydrogen) atoms. The van der Waals surface area contributed by atoms with Gasteiger partial charge in [-0.1, -0.05) is 0 Å². The summed E-state index contributed by atoms with van der Waals surface area (Å²) in [6.45, 7) is 5.74. The second-order valence-electron chi connectivity index (χ2n) is 5.50. The van der Waals surface area contributed by atoms with E-state index in [1.165, 1.54) is 32.9 Å². The van der Waals surface area contributed by atoms with Gasteiger partial charge in [-0.25, -0.2) is 4.79 Å². The predicted octanol–water partition coefficient (Wildman–Crippen LogP) is -0.00790. The van der Waals surface area contributed by atoms with Crippen molar-refractivity contribution >= 4 is 5.97 Å². The van der Waals surface area contributed by atoms with Gasteiger partial charge in [-0.3, -0.25) is 9.80 Å². The highest BCUT2D eigenvalue weighted by Gasteiger charge is 2.36. The molecule has 0 radical (unpaired) electrons. The Morgan fingerprint density at radius 1 is 1.35 bits per heavy atom. The van der Waals surface area contributed by atoms with E-state index < -0.39 is 11.6 Å². The summed E-state index contributed by atoms with van der Waals surface area (Å²) in [6, 6.07) is 0.557. The normalized spacial score (nSPS) is 30.6. The summed E-state index contributed by atoms with van der Waals surface area (Å²) in [5.74, 6) is -1.14. The van der Waals surface area contributed by atoms with Crippen LogP contribution in [0.1, 0.15) is 26.2 Å². The zero-order valence-corrected chi connectivity index (χ0v) is 10.4. The van der Waals surface area contributed by atoms with E-state index in [0.717, 1.165) is 19.5 Å². The molecule has 2 fully saturated rings. The fraction of sp³-hybridized carbons (Fsp3) is 0.917. The predicted molar refractivity (Wildman–Crippen MR) is 63.9 cm³/mol. The van der Waals surface area contributed by atoms with E-state index in [1.54, 1.807) is 0 Å². The Balaban J connectivity index is 1.83. The standard InChI is InChI=1S/C12H22N2O3/c1-12(17,11(15)16)9-13-7-4-10(8-13)14-5-2-3-6-14/h10,17H,2-9H2,1H3,(H,15,16). The summed E-state index contributed by atoms with van der Waals surface area (Å²) >= 11 is 0. The van der Waals surface area contributed by atoms with Crippen LogP contribution in [-0.4, -0.2) is 70.3 Å². The Hall–Kier alpha value is -0.650. The quantitative estimate of drug-likeness (QED) is 0.726. The van der Waals surface area contributed by atoms with E-state index in [-0.39, 0.29) is 6.54 Å². The third kappa shape index (κ3) is 2.97. The maximum absolute atomic E-state index is 10.9. The molecule has 0 aromatic rings. The van der Waals surface area contributed by atoms with Crippen LogP contribution in [0.25, 0.3) is 0 Å². The topological polar surface area (TPSA) is 64.0 Å². The molecule has 2 unspecified atom stereocenters. The van der Waals surface area contributed by atoms with Gasteiger partial charge in [0.1, 0.15) is 0 Å². The lowest BCUT2D eigenvalue weighted by Crippen LogP contribution is -2.47. The lowest BCUT2D eigenvalue weighted by atomic mass is 10.1. The van der Waals surface area contributed by atoms with Crippen LogP contribution in [0.2, 0.25) is 0 Å². The molecule has 2 heterocycles. The van der Waals surface area contributed by atoms with Crippen molar-refractivity contribution in [2.24, 2.45) is 0 Å². The largest absolute Gasteiger partial charge is 0.479 e. The number of nitrogens with zero attached hydrogens (tertiary/aromatic N) is 2. The number of hydrogen-bond donors (Lipinski definition) is 2. The van der Waals surface area contributed by atoms with E-state index in [0.29, 0.717) is 6.04 Å². The molecule has 2 aliphatic rings. The van der Waals surface area contributed by atoms with Gasteiger partial charge in [0.15, 0.2) is 5.60 Å². The van der Waals surface area contributed by atoms with Gasteiger partial charge in [0.25, 0.3) is 0 Å². The summed E-state index contributed by atoms with van der Waals surface area (Å²) in [6.07, 6.45) is 3.66. The highest BCUT2D eigenvalue weighted by Crippen LogP contribution is 2.21. The van der Waals surface area contributed by atoms with Crippen LogP contribution in [0.4, 0.5) is 0 Å². The van der Waals surface area contributed by atoms with Gasteiger partial charge in [-0.15, -0.1) is 0 Å². The molecule has 0 aliphatic carbocycles. The van der Waals surface area contributed by atoms with Crippen LogP contribution in [0, 0.1) is 0 Å². The number of aliphatic hydroxyl groups is 1. The molecule has 2 aliphatic heterocycles. The molecule has 5 nitrogen and oxygen atoms in total. The zero-order valence-electron chi connectivity index (χ0n) is 10.4. The fourth-order valence-electron chi connectivity index (χ4n) is 2.86. The number of rotatable bonds is 4. The maximum atomic E-state index is 10.9. The van der Waals surface area contributed by atoms with Crippen LogP contribution in [0.15, 0.2) is 0 Å². The average Bonchev–Trinajstić information content (AvgIpc) is 2.85. The van der Waals surface area contributed by atoms with Crippen LogP contribution >= 0.6 is 0 Å². The van der Waals surface area contributed by atoms with Crippen molar-refractivity contribution in [3.63, 3.8) is 0 Å². The summed E-state index contributed by atoms with van der Waals surface area (Å²) in [7, 11) is 0. The number of carbonyl (C=O) groups is 1. The van der Waals surface area contributed by atoms with Gasteiger partial charge in [-0.2, -0.15) is 0 Å². The Labute approximate surface area is 102 Å². The number of carboxylic acid groups (broad SMARTS) is 1. The van der Waals surface area contributed by atoms with Crippen molar-refractivity contribution < 1.29 is 15.0 Å². The summed E-state index contributed by atoms with van der Waals surface area (Å²) in [5.41, 5.74) is -1.63. The van der Waals surface area contributed by atoms with E-state index in [9.17, 15) is 9.90 Å². The smallest absolute Gasteiger partial charge is 0.336 e. The monoisotopic (exact) mass is 242 g/mol. The van der Waals surface area contributed by atoms with Gasteiger partial charge in [-0.05, 0) is 45.8 Å². The Morgan fingerprint density at radius 3 is 2.59 bits per heavy atom. The van der Waals surface area contributed by atoms with Crippen molar-refractivity contribution in [1.29, 1.82) is 0 Å². The van der Waals surface area contributed by atoms with Gasteiger partial charge in [0.05, 0.1) is 0 Å². The first-order valence-corrected chi connectivity index (χ1v) is 6.41. The molecule has 2 rings (SSSR count). The first-order valence-electron chi connectivity index (χ1n) is 6.41. The van der Waals surface area contributed by atoms with Crippen LogP contribution in [-0.2, 0) is 4.79 Å². The van der Waals surface area contributed by atoms with Gasteiger partial charge >= 0.3 is 5.97 Å². The zero-order chi connectivity index (χ0) is 12.5. The van der Waals surface area contributed by atoms with E-state index in [4.69, 9.17) is 5.11 Å². The third-order valence-electron chi connectivity index (χ3n) is 3.90. The molecule has 0 bridgehead atoms. The molecule has 0 spiro atoms. The summed E-state index contributed by atoms with van der Waals surface area (Å²) < 4.78 is 0. The Bertz CT molecular complexity index is 287. The number of aliphatic carboxylic acids is 1. The fourth-order valence-corrected chi connectivity index (χ4v) is 2.86. The van der Waals surface area contributed by atoms with E-state index in [1.807, 2.05) is 0 Å². The maximum Gasteiger partial charge on any atom is 0.336 e. The van der Waals surface area contributed by atoms with Gasteiger partial charge in [0.2, 0.25) is 0 Å². The minimum absolute atomic E-state index is 0.229. The number of β-amino-alcohol motifs (C(OH)–C–C–N with tert-alkyl or cyclic N) is 1. The van der Waals surface area contributed by atoms with Gasteiger partial charge in [0, 0.05) is 19.1 Å². The highest BCUT2D eigenvalue weighted by molar-refractivity contribution is 5.76. The summed E-state index contributed by atoms with van der Waals surface area (Å²) in [5, 5.41) is 18.6. The van der Waals surface area contributed by atoms with Crippen LogP contribution in [0.5, 0.6) is 0 Å². The molecule has 5 heteroatoms. The van der Waals surface area contributed by atoms with Crippen LogP contribution in [0.3, 0.4) is 0 Å². The number of hydrogen-bond acceptors (Lipinski definition) is 4. The molecular formula is C12H22N2O3. The molecule has 0 aromatic heterocycles. The summed E-state index contributed by atoms with van der Waals surface area (Å²) in [4.78, 5) is 15.4. The van der Waals surface area contributed by atoms with Crippen molar-refractivity contribution in [2.75, 3.05) is 32.7 Å². The first-order chi connectivity index (χ1) is 7.99. The van der Waals surface area contributed by atoms with Gasteiger partial charge < -0.3 is 10.2 Å². The minimum atomic E-state index is -1.63. The SMILES string of the molecule is CC(O)(CN1CCC(N2CCCC2)C1)C(=O)O. The molecule has 2 saturated heterocycles. The van der Waals surface area contributed by atoms with Crippen molar-refractivity contribution in [3.05, 3.63) is 0 Å². The first kappa shape index (κ1) is 12.8. The second-order valence-corrected chi connectivity index (χ2v) is 5.50. The third-order valence-corrected chi connectivity index (χ3v) is 3.90.